The van der Waals surface area contributed by atoms with Crippen LogP contribution in [-0.2, 0) is 0 Å². The summed E-state index contributed by atoms with van der Waals surface area (Å²) in [5, 5.41) is 8.01. The summed E-state index contributed by atoms with van der Waals surface area (Å²) in [6.45, 7) is 0. The summed E-state index contributed by atoms with van der Waals surface area (Å²) in [6.07, 6.45) is 3.19. The fraction of sp³-hybridized carbons (Fsp3) is 0. The topological polar surface area (TPSA) is 43.4 Å². The molecule has 0 saturated heterocycles. The zero-order valence-electron chi connectivity index (χ0n) is 11.3. The first-order valence-electron chi connectivity index (χ1n) is 6.58. The summed E-state index contributed by atoms with van der Waals surface area (Å²) in [6, 6.07) is 7.48. The zero-order valence-corrected chi connectivity index (χ0v) is 12.9. The molecule has 0 aromatic carbocycles. The molecule has 5 heteroatoms. The molecule has 0 radical (unpaired) electrons. The molecule has 4 rings (SSSR count). The molecule has 4 heterocycles. The van der Waals surface area contributed by atoms with E-state index in [0.29, 0.717) is 0 Å². The molecule has 108 valence electrons. The summed E-state index contributed by atoms with van der Waals surface area (Å²) in [4.78, 5) is 12.4. The fourth-order valence-corrected chi connectivity index (χ4v) is 3.52. The highest BCUT2D eigenvalue weighted by Crippen LogP contribution is 2.28. The average Bonchev–Trinajstić information content (AvgIpc) is 3.35. The van der Waals surface area contributed by atoms with Crippen molar-refractivity contribution < 1.29 is 13.6 Å². The molecule has 0 aliphatic carbocycles. The molecule has 0 unspecified atom stereocenters. The SMILES string of the molecule is O=C(c1cc(-c2ccsc2)co1)c1cc(-c2ccsc2)co1. The lowest BCUT2D eigenvalue weighted by Gasteiger charge is -1.90. The van der Waals surface area contributed by atoms with Gasteiger partial charge in [0.1, 0.15) is 0 Å². The Morgan fingerprint density at radius 2 is 1.27 bits per heavy atom. The van der Waals surface area contributed by atoms with Gasteiger partial charge >= 0.3 is 0 Å². The van der Waals surface area contributed by atoms with Crippen LogP contribution in [0.4, 0.5) is 0 Å². The maximum atomic E-state index is 12.4. The zero-order chi connectivity index (χ0) is 14.9. The molecule has 0 spiro atoms. The van der Waals surface area contributed by atoms with Crippen molar-refractivity contribution >= 4 is 28.5 Å². The summed E-state index contributed by atoms with van der Waals surface area (Å²) in [5.74, 6) is 0.322. The lowest BCUT2D eigenvalue weighted by molar-refractivity contribution is 0.0983. The van der Waals surface area contributed by atoms with Crippen molar-refractivity contribution in [2.24, 2.45) is 0 Å². The number of carbonyl (C=O) groups excluding carboxylic acids is 1. The Kier molecular flexibility index (Phi) is 3.29. The monoisotopic (exact) mass is 326 g/mol. The predicted molar refractivity (Wildman–Crippen MR) is 87.5 cm³/mol. The highest BCUT2D eigenvalue weighted by molar-refractivity contribution is 7.08. The Morgan fingerprint density at radius 1 is 0.773 bits per heavy atom. The van der Waals surface area contributed by atoms with Crippen LogP contribution in [0.5, 0.6) is 0 Å². The second kappa shape index (κ2) is 5.44. The number of carbonyl (C=O) groups is 1. The molecular formula is C17H10O3S2. The van der Waals surface area contributed by atoms with Gasteiger partial charge in [0.25, 0.3) is 5.78 Å². The summed E-state index contributed by atoms with van der Waals surface area (Å²) >= 11 is 3.21. The molecule has 0 bridgehead atoms. The quantitative estimate of drug-likeness (QED) is 0.461. The molecule has 0 saturated carbocycles. The Balaban J connectivity index is 1.62. The van der Waals surface area contributed by atoms with Crippen LogP contribution in [0.1, 0.15) is 16.3 Å². The van der Waals surface area contributed by atoms with Crippen molar-refractivity contribution in [1.82, 2.24) is 0 Å². The van der Waals surface area contributed by atoms with E-state index in [0.717, 1.165) is 22.3 Å². The summed E-state index contributed by atoms with van der Waals surface area (Å²) in [7, 11) is 0. The van der Waals surface area contributed by atoms with Gasteiger partial charge in [-0.3, -0.25) is 4.79 Å². The second-order valence-electron chi connectivity index (χ2n) is 4.75. The first-order chi connectivity index (χ1) is 10.8. The van der Waals surface area contributed by atoms with Crippen LogP contribution >= 0.6 is 22.7 Å². The van der Waals surface area contributed by atoms with Crippen molar-refractivity contribution in [3.8, 4) is 22.3 Å². The third-order valence-electron chi connectivity index (χ3n) is 3.36. The molecule has 3 nitrogen and oxygen atoms in total. The van der Waals surface area contributed by atoms with E-state index < -0.39 is 0 Å². The Hall–Kier alpha value is -2.37. The van der Waals surface area contributed by atoms with Gasteiger partial charge in [-0.1, -0.05) is 0 Å². The van der Waals surface area contributed by atoms with Crippen molar-refractivity contribution in [2.75, 3.05) is 0 Å². The number of furan rings is 2. The molecule has 0 amide bonds. The Bertz CT molecular complexity index is 821. The first-order valence-corrected chi connectivity index (χ1v) is 8.47. The number of thiophene rings is 2. The van der Waals surface area contributed by atoms with Gasteiger partial charge < -0.3 is 8.83 Å². The smallest absolute Gasteiger partial charge is 0.263 e. The van der Waals surface area contributed by atoms with E-state index in [1.807, 2.05) is 33.7 Å². The molecular weight excluding hydrogens is 316 g/mol. The van der Waals surface area contributed by atoms with Gasteiger partial charge in [-0.15, -0.1) is 0 Å². The maximum absolute atomic E-state index is 12.4. The van der Waals surface area contributed by atoms with Crippen LogP contribution in [0.2, 0.25) is 0 Å². The van der Waals surface area contributed by atoms with Crippen LogP contribution in [0.3, 0.4) is 0 Å². The highest BCUT2D eigenvalue weighted by Gasteiger charge is 2.18. The van der Waals surface area contributed by atoms with E-state index in [1.165, 1.54) is 0 Å². The van der Waals surface area contributed by atoms with Gasteiger partial charge in [-0.05, 0) is 56.9 Å². The van der Waals surface area contributed by atoms with E-state index in [1.54, 1.807) is 47.3 Å². The van der Waals surface area contributed by atoms with Gasteiger partial charge in [-0.2, -0.15) is 22.7 Å². The second-order valence-corrected chi connectivity index (χ2v) is 6.31. The van der Waals surface area contributed by atoms with Crippen LogP contribution < -0.4 is 0 Å². The third kappa shape index (κ3) is 2.34. The van der Waals surface area contributed by atoms with Crippen molar-refractivity contribution in [3.63, 3.8) is 0 Å². The largest absolute Gasteiger partial charge is 0.460 e. The molecule has 0 N–H and O–H groups in total. The standard InChI is InChI=1S/C17H10O3S2/c18-17(15-5-13(7-19-15)11-1-3-21-9-11)16-6-14(8-20-16)12-2-4-22-10-12/h1-10H. The number of rotatable bonds is 4. The molecule has 4 aromatic rings. The minimum atomic E-state index is -0.247. The van der Waals surface area contributed by atoms with E-state index >= 15 is 0 Å². The summed E-state index contributed by atoms with van der Waals surface area (Å²) < 4.78 is 10.8. The minimum Gasteiger partial charge on any atom is -0.460 e. The van der Waals surface area contributed by atoms with Gasteiger partial charge in [-0.25, -0.2) is 0 Å². The van der Waals surface area contributed by atoms with Gasteiger partial charge in [0.15, 0.2) is 11.5 Å². The number of ketones is 1. The van der Waals surface area contributed by atoms with Crippen molar-refractivity contribution in [1.29, 1.82) is 0 Å². The van der Waals surface area contributed by atoms with E-state index in [2.05, 4.69) is 0 Å². The summed E-state index contributed by atoms with van der Waals surface area (Å²) in [5.41, 5.74) is 3.89. The molecule has 0 aliphatic heterocycles. The maximum Gasteiger partial charge on any atom is 0.263 e. The molecule has 0 atom stereocenters. The number of hydrogen-bond donors (Lipinski definition) is 0. The molecule has 0 aliphatic rings. The lowest BCUT2D eigenvalue weighted by atomic mass is 10.1. The van der Waals surface area contributed by atoms with Crippen LogP contribution in [0, 0.1) is 0 Å². The van der Waals surface area contributed by atoms with Crippen LogP contribution in [0.25, 0.3) is 22.3 Å². The first kappa shape index (κ1) is 13.3. The lowest BCUT2D eigenvalue weighted by Crippen LogP contribution is -1.96. The molecule has 4 aromatic heterocycles. The fourth-order valence-electron chi connectivity index (χ4n) is 2.19. The van der Waals surface area contributed by atoms with Gasteiger partial charge in [0, 0.05) is 11.1 Å². The Labute approximate surface area is 134 Å². The minimum absolute atomic E-state index is 0.247. The van der Waals surface area contributed by atoms with Crippen molar-refractivity contribution in [3.05, 3.63) is 69.8 Å². The Morgan fingerprint density at radius 3 is 1.68 bits per heavy atom. The molecule has 22 heavy (non-hydrogen) atoms. The van der Waals surface area contributed by atoms with Crippen LogP contribution in [-0.4, -0.2) is 5.78 Å². The van der Waals surface area contributed by atoms with E-state index in [9.17, 15) is 4.79 Å². The average molecular weight is 326 g/mol. The van der Waals surface area contributed by atoms with Gasteiger partial charge in [0.05, 0.1) is 12.5 Å². The predicted octanol–water partition coefficient (Wildman–Crippen LogP) is 5.56. The molecule has 0 fully saturated rings. The van der Waals surface area contributed by atoms with Gasteiger partial charge in [0.2, 0.25) is 0 Å². The van der Waals surface area contributed by atoms with E-state index in [4.69, 9.17) is 8.83 Å². The van der Waals surface area contributed by atoms with E-state index in [-0.39, 0.29) is 17.3 Å². The van der Waals surface area contributed by atoms with Crippen molar-refractivity contribution in [2.45, 2.75) is 0 Å². The van der Waals surface area contributed by atoms with Crippen LogP contribution in [0.15, 0.2) is 67.1 Å². The number of hydrogen-bond acceptors (Lipinski definition) is 5. The highest BCUT2D eigenvalue weighted by atomic mass is 32.1. The third-order valence-corrected chi connectivity index (χ3v) is 4.72. The normalized spacial score (nSPS) is 10.9.